The van der Waals surface area contributed by atoms with Gasteiger partial charge in [-0.3, -0.25) is 19.9 Å². The number of piperazine rings is 1. The van der Waals surface area contributed by atoms with E-state index in [-0.39, 0.29) is 30.3 Å². The molecule has 7 nitrogen and oxygen atoms in total. The van der Waals surface area contributed by atoms with Crippen molar-refractivity contribution in [1.29, 1.82) is 0 Å². The average molecular weight is 425 g/mol. The second-order valence-electron chi connectivity index (χ2n) is 7.59. The van der Waals surface area contributed by atoms with Crippen LogP contribution in [0.5, 0.6) is 0 Å². The van der Waals surface area contributed by atoms with E-state index in [1.54, 1.807) is 0 Å². The minimum atomic E-state index is -0.484. The molecule has 0 aromatic heterocycles. The molecular weight excluding hydrogens is 392 g/mol. The zero-order valence-electron chi connectivity index (χ0n) is 17.4. The van der Waals surface area contributed by atoms with Crippen molar-refractivity contribution in [3.05, 3.63) is 35.9 Å². The molecule has 2 aliphatic rings. The van der Waals surface area contributed by atoms with Crippen molar-refractivity contribution < 1.29 is 14.3 Å². The predicted molar refractivity (Wildman–Crippen MR) is 115 cm³/mol. The number of carbonyl (C=O) groups excluding carboxylic acids is 2. The van der Waals surface area contributed by atoms with Gasteiger partial charge in [-0.1, -0.05) is 30.3 Å². The zero-order chi connectivity index (χ0) is 20.0. The van der Waals surface area contributed by atoms with Crippen LogP contribution in [0.3, 0.4) is 0 Å². The van der Waals surface area contributed by atoms with Crippen molar-refractivity contribution in [3.63, 3.8) is 0 Å². The van der Waals surface area contributed by atoms with Gasteiger partial charge < -0.3 is 10.1 Å². The Labute approximate surface area is 179 Å². The average Bonchev–Trinajstić information content (AvgIpc) is 2.75. The quantitative estimate of drug-likeness (QED) is 0.671. The monoisotopic (exact) mass is 424 g/mol. The standard InChI is InChI=1S/C21H32N4O3.ClH/c1-3-28-19(26)17(2)24-13-15-25(16-14-24)23-20(27)21(9-11-22-12-10-21)18-7-5-4-6-8-18;/h4-8,17,22H,3,9-16H2,1-2H3,(H,23,27);1H. The van der Waals surface area contributed by atoms with E-state index in [4.69, 9.17) is 4.74 Å². The van der Waals surface area contributed by atoms with E-state index < -0.39 is 5.41 Å². The van der Waals surface area contributed by atoms with Crippen LogP contribution in [0.15, 0.2) is 30.3 Å². The summed E-state index contributed by atoms with van der Waals surface area (Å²) in [5.41, 5.74) is 3.77. The summed E-state index contributed by atoms with van der Waals surface area (Å²) in [6.07, 6.45) is 1.59. The van der Waals surface area contributed by atoms with Gasteiger partial charge in [-0.05, 0) is 45.3 Å². The fourth-order valence-electron chi connectivity index (χ4n) is 4.14. The fraction of sp³-hybridized carbons (Fsp3) is 0.619. The number of piperidine rings is 1. The van der Waals surface area contributed by atoms with E-state index in [1.807, 2.05) is 37.1 Å². The van der Waals surface area contributed by atoms with Crippen LogP contribution in [0.25, 0.3) is 0 Å². The number of hydrogen-bond donors (Lipinski definition) is 2. The summed E-state index contributed by atoms with van der Waals surface area (Å²) in [5.74, 6) is -0.107. The minimum Gasteiger partial charge on any atom is -0.465 e. The van der Waals surface area contributed by atoms with E-state index >= 15 is 0 Å². The second-order valence-corrected chi connectivity index (χ2v) is 7.59. The summed E-state index contributed by atoms with van der Waals surface area (Å²) in [6.45, 7) is 8.61. The Hall–Kier alpha value is -1.67. The largest absolute Gasteiger partial charge is 0.465 e. The van der Waals surface area contributed by atoms with Gasteiger partial charge in [0, 0.05) is 26.2 Å². The molecule has 2 heterocycles. The Kier molecular flexibility index (Phi) is 8.89. The number of amides is 1. The van der Waals surface area contributed by atoms with Gasteiger partial charge in [0.1, 0.15) is 6.04 Å². The van der Waals surface area contributed by atoms with Crippen molar-refractivity contribution in [3.8, 4) is 0 Å². The molecule has 0 bridgehead atoms. The Morgan fingerprint density at radius 3 is 2.34 bits per heavy atom. The van der Waals surface area contributed by atoms with Gasteiger partial charge in [0.2, 0.25) is 5.91 Å². The van der Waals surface area contributed by atoms with Crippen molar-refractivity contribution >= 4 is 24.3 Å². The second kappa shape index (κ2) is 10.9. The highest BCUT2D eigenvalue weighted by Gasteiger charge is 2.42. The Bertz CT molecular complexity index is 659. The lowest BCUT2D eigenvalue weighted by Crippen LogP contribution is -2.60. The first-order valence-corrected chi connectivity index (χ1v) is 10.3. The molecule has 162 valence electrons. The van der Waals surface area contributed by atoms with Crippen molar-refractivity contribution in [2.75, 3.05) is 45.9 Å². The van der Waals surface area contributed by atoms with E-state index in [9.17, 15) is 9.59 Å². The smallest absolute Gasteiger partial charge is 0.323 e. The lowest BCUT2D eigenvalue weighted by molar-refractivity contribution is -0.150. The van der Waals surface area contributed by atoms with Crippen LogP contribution >= 0.6 is 12.4 Å². The Balaban J connectivity index is 0.00000300. The summed E-state index contributed by atoms with van der Waals surface area (Å²) in [4.78, 5) is 27.4. The summed E-state index contributed by atoms with van der Waals surface area (Å²) < 4.78 is 5.12. The predicted octanol–water partition coefficient (Wildman–Crippen LogP) is 1.33. The molecule has 1 aromatic carbocycles. The molecule has 8 heteroatoms. The lowest BCUT2D eigenvalue weighted by Gasteiger charge is -2.41. The highest BCUT2D eigenvalue weighted by molar-refractivity contribution is 5.88. The van der Waals surface area contributed by atoms with Crippen LogP contribution in [0.1, 0.15) is 32.3 Å². The van der Waals surface area contributed by atoms with Gasteiger partial charge in [0.25, 0.3) is 0 Å². The van der Waals surface area contributed by atoms with E-state index in [2.05, 4.69) is 27.8 Å². The molecule has 1 unspecified atom stereocenters. The zero-order valence-corrected chi connectivity index (χ0v) is 18.2. The maximum atomic E-state index is 13.3. The van der Waals surface area contributed by atoms with Crippen LogP contribution in [-0.2, 0) is 19.7 Å². The number of hydrazine groups is 1. The minimum absolute atomic E-state index is 0. The summed E-state index contributed by atoms with van der Waals surface area (Å²) in [7, 11) is 0. The molecule has 0 aliphatic carbocycles. The van der Waals surface area contributed by atoms with E-state index in [1.165, 1.54) is 0 Å². The highest BCUT2D eigenvalue weighted by Crippen LogP contribution is 2.33. The number of rotatable bonds is 6. The molecule has 29 heavy (non-hydrogen) atoms. The molecule has 0 saturated carbocycles. The maximum absolute atomic E-state index is 13.3. The van der Waals surface area contributed by atoms with Gasteiger partial charge in [0.05, 0.1) is 12.0 Å². The summed E-state index contributed by atoms with van der Waals surface area (Å²) >= 11 is 0. The first-order valence-electron chi connectivity index (χ1n) is 10.3. The molecule has 1 aromatic rings. The Morgan fingerprint density at radius 2 is 1.76 bits per heavy atom. The summed E-state index contributed by atoms with van der Waals surface area (Å²) in [5, 5.41) is 5.35. The Morgan fingerprint density at radius 1 is 1.14 bits per heavy atom. The topological polar surface area (TPSA) is 73.9 Å². The van der Waals surface area contributed by atoms with E-state index in [0.717, 1.165) is 44.6 Å². The molecule has 2 N–H and O–H groups in total. The third-order valence-corrected chi connectivity index (χ3v) is 5.97. The molecular formula is C21H33ClN4O3. The SMILES string of the molecule is CCOC(=O)C(C)N1CCN(NC(=O)C2(c3ccccc3)CCNCC2)CC1.Cl. The molecule has 3 rings (SSSR count). The number of carbonyl (C=O) groups is 2. The molecule has 2 aliphatic heterocycles. The first-order chi connectivity index (χ1) is 13.6. The number of hydrogen-bond acceptors (Lipinski definition) is 6. The van der Waals surface area contributed by atoms with Gasteiger partial charge in [-0.15, -0.1) is 12.4 Å². The molecule has 1 amide bonds. The van der Waals surface area contributed by atoms with Crippen LogP contribution in [0, 0.1) is 0 Å². The number of nitrogens with zero attached hydrogens (tertiary/aromatic N) is 2. The lowest BCUT2D eigenvalue weighted by atomic mass is 9.72. The van der Waals surface area contributed by atoms with E-state index in [0.29, 0.717) is 19.7 Å². The van der Waals surface area contributed by atoms with Gasteiger partial charge in [-0.25, -0.2) is 5.01 Å². The maximum Gasteiger partial charge on any atom is 0.323 e. The van der Waals surface area contributed by atoms with Gasteiger partial charge in [0.15, 0.2) is 0 Å². The molecule has 0 radical (unpaired) electrons. The first kappa shape index (κ1) is 23.6. The molecule has 0 spiro atoms. The number of benzene rings is 1. The number of esters is 1. The third kappa shape index (κ3) is 5.48. The fourth-order valence-corrected chi connectivity index (χ4v) is 4.14. The molecule has 2 fully saturated rings. The molecule has 1 atom stereocenters. The van der Waals surface area contributed by atoms with Gasteiger partial charge >= 0.3 is 5.97 Å². The normalized spacial score (nSPS) is 20.9. The summed E-state index contributed by atoms with van der Waals surface area (Å²) in [6, 6.07) is 9.86. The molecule has 2 saturated heterocycles. The van der Waals surface area contributed by atoms with Gasteiger partial charge in [-0.2, -0.15) is 0 Å². The number of halogens is 1. The number of nitrogens with one attached hydrogen (secondary N) is 2. The van der Waals surface area contributed by atoms with Crippen molar-refractivity contribution in [2.24, 2.45) is 0 Å². The third-order valence-electron chi connectivity index (χ3n) is 5.97. The van der Waals surface area contributed by atoms with Crippen molar-refractivity contribution in [2.45, 2.75) is 38.1 Å². The number of ether oxygens (including phenoxy) is 1. The van der Waals surface area contributed by atoms with Crippen LogP contribution in [0.4, 0.5) is 0 Å². The van der Waals surface area contributed by atoms with Crippen LogP contribution in [0.2, 0.25) is 0 Å². The van der Waals surface area contributed by atoms with Crippen LogP contribution in [-0.4, -0.2) is 73.7 Å². The highest BCUT2D eigenvalue weighted by atomic mass is 35.5. The van der Waals surface area contributed by atoms with Crippen molar-refractivity contribution in [1.82, 2.24) is 20.7 Å². The van der Waals surface area contributed by atoms with Crippen LogP contribution < -0.4 is 10.7 Å².